The molecule has 3 aromatic carbocycles. The zero-order valence-corrected chi connectivity index (χ0v) is 15.3. The molecule has 0 aromatic heterocycles. The van der Waals surface area contributed by atoms with E-state index < -0.39 is 11.6 Å². The normalized spacial score (nSPS) is 10.7. The fourth-order valence-corrected chi connectivity index (χ4v) is 3.00. The molecule has 0 heterocycles. The third kappa shape index (κ3) is 5.39. The third-order valence-electron chi connectivity index (χ3n) is 4.37. The molecular weight excluding hydrogens is 360 g/mol. The monoisotopic (exact) mass is 381 g/mol. The highest BCUT2D eigenvalue weighted by Gasteiger charge is 2.17. The number of halogens is 2. The summed E-state index contributed by atoms with van der Waals surface area (Å²) in [4.78, 5) is 12.4. The summed E-state index contributed by atoms with van der Waals surface area (Å²) in [6, 6.07) is 22.8. The first-order valence-corrected chi connectivity index (χ1v) is 9.08. The molecule has 3 aromatic rings. The maximum atomic E-state index is 13.5. The molecule has 144 valence electrons. The van der Waals surface area contributed by atoms with Crippen molar-refractivity contribution < 1.29 is 18.3 Å². The Morgan fingerprint density at radius 1 is 0.893 bits per heavy atom. The SMILES string of the molecule is O=C(CC(c1ccccc1)c1ccccc1)NCCOc1ccc(F)cc1F. The first-order valence-electron chi connectivity index (χ1n) is 9.08. The molecule has 0 aliphatic rings. The van der Waals surface area contributed by atoms with Gasteiger partial charge in [0.1, 0.15) is 12.4 Å². The molecule has 3 nitrogen and oxygen atoms in total. The van der Waals surface area contributed by atoms with Crippen LogP contribution in [-0.4, -0.2) is 19.1 Å². The molecule has 1 N–H and O–H groups in total. The highest BCUT2D eigenvalue weighted by Crippen LogP contribution is 2.27. The van der Waals surface area contributed by atoms with Crippen LogP contribution in [0.4, 0.5) is 8.78 Å². The van der Waals surface area contributed by atoms with Gasteiger partial charge in [-0.15, -0.1) is 0 Å². The van der Waals surface area contributed by atoms with Crippen LogP contribution < -0.4 is 10.1 Å². The van der Waals surface area contributed by atoms with Gasteiger partial charge in [-0.25, -0.2) is 8.78 Å². The molecule has 1 amide bonds. The molecule has 0 saturated heterocycles. The molecule has 0 bridgehead atoms. The zero-order chi connectivity index (χ0) is 19.8. The van der Waals surface area contributed by atoms with Crippen molar-refractivity contribution in [2.45, 2.75) is 12.3 Å². The van der Waals surface area contributed by atoms with E-state index in [4.69, 9.17) is 4.74 Å². The van der Waals surface area contributed by atoms with Crippen molar-refractivity contribution >= 4 is 5.91 Å². The number of hydrogen-bond acceptors (Lipinski definition) is 2. The number of amides is 1. The standard InChI is InChI=1S/C23H21F2NO2/c24-19-11-12-22(21(25)15-19)28-14-13-26-23(27)16-20(17-7-3-1-4-8-17)18-9-5-2-6-10-18/h1-12,15,20H,13-14,16H2,(H,26,27). The Hall–Kier alpha value is -3.21. The largest absolute Gasteiger partial charge is 0.489 e. The minimum Gasteiger partial charge on any atom is -0.489 e. The number of carbonyl (C=O) groups is 1. The molecule has 0 aliphatic heterocycles. The Kier molecular flexibility index (Phi) is 6.73. The summed E-state index contributed by atoms with van der Waals surface area (Å²) in [6.07, 6.45) is 0.291. The maximum Gasteiger partial charge on any atom is 0.221 e. The van der Waals surface area contributed by atoms with Gasteiger partial charge in [0.25, 0.3) is 0 Å². The zero-order valence-electron chi connectivity index (χ0n) is 15.3. The van der Waals surface area contributed by atoms with Crippen LogP contribution in [0.3, 0.4) is 0 Å². The average molecular weight is 381 g/mol. The van der Waals surface area contributed by atoms with Gasteiger partial charge in [-0.05, 0) is 23.3 Å². The lowest BCUT2D eigenvalue weighted by Crippen LogP contribution is -2.29. The molecule has 0 saturated carbocycles. The summed E-state index contributed by atoms with van der Waals surface area (Å²) in [7, 11) is 0. The Morgan fingerprint density at radius 3 is 2.07 bits per heavy atom. The lowest BCUT2D eigenvalue weighted by Gasteiger charge is -2.18. The summed E-state index contributed by atoms with van der Waals surface area (Å²) < 4.78 is 31.7. The van der Waals surface area contributed by atoms with Crippen LogP contribution >= 0.6 is 0 Å². The van der Waals surface area contributed by atoms with Crippen LogP contribution in [0.15, 0.2) is 78.9 Å². The fraction of sp³-hybridized carbons (Fsp3) is 0.174. The summed E-state index contributed by atoms with van der Waals surface area (Å²) in [5.74, 6) is -1.65. The van der Waals surface area contributed by atoms with E-state index in [0.29, 0.717) is 6.42 Å². The Bertz CT molecular complexity index is 861. The van der Waals surface area contributed by atoms with E-state index in [1.54, 1.807) is 0 Å². The van der Waals surface area contributed by atoms with Crippen molar-refractivity contribution in [2.24, 2.45) is 0 Å². The van der Waals surface area contributed by atoms with E-state index in [0.717, 1.165) is 23.3 Å². The first-order chi connectivity index (χ1) is 13.6. The van der Waals surface area contributed by atoms with E-state index in [2.05, 4.69) is 5.32 Å². The van der Waals surface area contributed by atoms with E-state index in [9.17, 15) is 13.6 Å². The van der Waals surface area contributed by atoms with Crippen molar-refractivity contribution in [1.82, 2.24) is 5.32 Å². The molecule has 0 aliphatic carbocycles. The van der Waals surface area contributed by atoms with Crippen LogP contribution in [0.25, 0.3) is 0 Å². The van der Waals surface area contributed by atoms with Gasteiger partial charge in [-0.2, -0.15) is 0 Å². The van der Waals surface area contributed by atoms with Crippen LogP contribution in [0.1, 0.15) is 23.5 Å². The van der Waals surface area contributed by atoms with Gasteiger partial charge < -0.3 is 10.1 Å². The smallest absolute Gasteiger partial charge is 0.221 e. The lowest BCUT2D eigenvalue weighted by molar-refractivity contribution is -0.121. The summed E-state index contributed by atoms with van der Waals surface area (Å²) in [5, 5.41) is 2.79. The number of carbonyl (C=O) groups excluding carboxylic acids is 1. The second kappa shape index (κ2) is 9.65. The lowest BCUT2D eigenvalue weighted by atomic mass is 9.88. The van der Waals surface area contributed by atoms with Crippen molar-refractivity contribution in [3.05, 3.63) is 102 Å². The number of hydrogen-bond donors (Lipinski definition) is 1. The van der Waals surface area contributed by atoms with Gasteiger partial charge >= 0.3 is 0 Å². The molecule has 5 heteroatoms. The topological polar surface area (TPSA) is 38.3 Å². The number of ether oxygens (including phenoxy) is 1. The van der Waals surface area contributed by atoms with E-state index in [1.165, 1.54) is 6.07 Å². The van der Waals surface area contributed by atoms with Crippen molar-refractivity contribution in [3.8, 4) is 5.75 Å². The van der Waals surface area contributed by atoms with Crippen LogP contribution in [0.2, 0.25) is 0 Å². The highest BCUT2D eigenvalue weighted by molar-refractivity contribution is 5.77. The number of rotatable bonds is 8. The number of benzene rings is 3. The van der Waals surface area contributed by atoms with Gasteiger partial charge in [0.2, 0.25) is 5.91 Å². The maximum absolute atomic E-state index is 13.5. The molecular formula is C23H21F2NO2. The van der Waals surface area contributed by atoms with Gasteiger partial charge in [0, 0.05) is 18.4 Å². The van der Waals surface area contributed by atoms with Crippen LogP contribution in [0.5, 0.6) is 5.75 Å². The Labute approximate surface area is 163 Å². The highest BCUT2D eigenvalue weighted by atomic mass is 19.1. The van der Waals surface area contributed by atoms with Crippen molar-refractivity contribution in [3.63, 3.8) is 0 Å². The predicted octanol–water partition coefficient (Wildman–Crippen LogP) is 4.68. The quantitative estimate of drug-likeness (QED) is 0.575. The Balaban J connectivity index is 1.55. The second-order valence-corrected chi connectivity index (χ2v) is 6.35. The summed E-state index contributed by atoms with van der Waals surface area (Å²) >= 11 is 0. The van der Waals surface area contributed by atoms with Crippen molar-refractivity contribution in [1.29, 1.82) is 0 Å². The van der Waals surface area contributed by atoms with Crippen LogP contribution in [0, 0.1) is 11.6 Å². The Morgan fingerprint density at radius 2 is 1.50 bits per heavy atom. The molecule has 0 unspecified atom stereocenters. The molecule has 28 heavy (non-hydrogen) atoms. The molecule has 3 rings (SSSR count). The van der Waals surface area contributed by atoms with E-state index in [-0.39, 0.29) is 30.7 Å². The summed E-state index contributed by atoms with van der Waals surface area (Å²) in [6.45, 7) is 0.321. The number of nitrogens with one attached hydrogen (secondary N) is 1. The minimum atomic E-state index is -0.764. The van der Waals surface area contributed by atoms with E-state index >= 15 is 0 Å². The van der Waals surface area contributed by atoms with Gasteiger partial charge in [0.15, 0.2) is 11.6 Å². The first kappa shape index (κ1) is 19.5. The molecule has 0 radical (unpaired) electrons. The summed E-state index contributed by atoms with van der Waals surface area (Å²) in [5.41, 5.74) is 2.13. The van der Waals surface area contributed by atoms with Crippen LogP contribution in [-0.2, 0) is 4.79 Å². The van der Waals surface area contributed by atoms with Gasteiger partial charge in [0.05, 0.1) is 6.54 Å². The van der Waals surface area contributed by atoms with Gasteiger partial charge in [-0.3, -0.25) is 4.79 Å². The second-order valence-electron chi connectivity index (χ2n) is 6.35. The minimum absolute atomic E-state index is 0.0397. The molecule has 0 atom stereocenters. The van der Waals surface area contributed by atoms with Crippen molar-refractivity contribution in [2.75, 3.05) is 13.2 Å². The molecule has 0 spiro atoms. The fourth-order valence-electron chi connectivity index (χ4n) is 3.00. The molecule has 0 fully saturated rings. The van der Waals surface area contributed by atoms with Gasteiger partial charge in [-0.1, -0.05) is 60.7 Å². The average Bonchev–Trinajstić information content (AvgIpc) is 2.72. The van der Waals surface area contributed by atoms with E-state index in [1.807, 2.05) is 60.7 Å². The third-order valence-corrected chi connectivity index (χ3v) is 4.37. The predicted molar refractivity (Wildman–Crippen MR) is 104 cm³/mol.